The van der Waals surface area contributed by atoms with E-state index in [9.17, 15) is 4.79 Å². The first-order valence-corrected chi connectivity index (χ1v) is 5.72. The SMILES string of the molecule is CNCCNC(=O)c1cn(-c2ccccc2)nn1. The van der Waals surface area contributed by atoms with Gasteiger partial charge >= 0.3 is 0 Å². The molecule has 0 saturated carbocycles. The number of benzene rings is 1. The molecular formula is C12H15N5O. The third-order valence-electron chi connectivity index (χ3n) is 2.41. The van der Waals surface area contributed by atoms with Crippen molar-refractivity contribution in [1.29, 1.82) is 0 Å². The number of nitrogens with one attached hydrogen (secondary N) is 2. The maximum atomic E-state index is 11.7. The number of amides is 1. The summed E-state index contributed by atoms with van der Waals surface area (Å²) in [7, 11) is 1.83. The Kier molecular flexibility index (Phi) is 4.03. The monoisotopic (exact) mass is 245 g/mol. The second kappa shape index (κ2) is 5.92. The van der Waals surface area contributed by atoms with Gasteiger partial charge in [0.05, 0.1) is 11.9 Å². The van der Waals surface area contributed by atoms with Crippen LogP contribution in [0.15, 0.2) is 36.5 Å². The quantitative estimate of drug-likeness (QED) is 0.739. The summed E-state index contributed by atoms with van der Waals surface area (Å²) >= 11 is 0. The van der Waals surface area contributed by atoms with Gasteiger partial charge < -0.3 is 10.6 Å². The van der Waals surface area contributed by atoms with Crippen LogP contribution in [0.4, 0.5) is 0 Å². The van der Waals surface area contributed by atoms with Crippen molar-refractivity contribution in [1.82, 2.24) is 25.6 Å². The Hall–Kier alpha value is -2.21. The van der Waals surface area contributed by atoms with E-state index in [-0.39, 0.29) is 5.91 Å². The Morgan fingerprint density at radius 3 is 2.78 bits per heavy atom. The van der Waals surface area contributed by atoms with Crippen LogP contribution in [-0.2, 0) is 0 Å². The first-order valence-electron chi connectivity index (χ1n) is 5.72. The van der Waals surface area contributed by atoms with Crippen LogP contribution in [0.2, 0.25) is 0 Å². The van der Waals surface area contributed by atoms with Crippen molar-refractivity contribution >= 4 is 5.91 Å². The molecule has 1 aromatic heterocycles. The van der Waals surface area contributed by atoms with Crippen LogP contribution in [0.1, 0.15) is 10.5 Å². The van der Waals surface area contributed by atoms with E-state index < -0.39 is 0 Å². The van der Waals surface area contributed by atoms with E-state index in [4.69, 9.17) is 0 Å². The second-order valence-corrected chi connectivity index (χ2v) is 3.74. The molecule has 0 aliphatic rings. The molecule has 0 saturated heterocycles. The van der Waals surface area contributed by atoms with Crippen molar-refractivity contribution < 1.29 is 4.79 Å². The minimum atomic E-state index is -0.215. The second-order valence-electron chi connectivity index (χ2n) is 3.74. The van der Waals surface area contributed by atoms with Gasteiger partial charge in [0.25, 0.3) is 5.91 Å². The van der Waals surface area contributed by atoms with E-state index in [1.807, 2.05) is 37.4 Å². The van der Waals surface area contributed by atoms with Gasteiger partial charge in [-0.25, -0.2) is 4.68 Å². The van der Waals surface area contributed by atoms with Gasteiger partial charge in [-0.2, -0.15) is 0 Å². The summed E-state index contributed by atoms with van der Waals surface area (Å²) in [5, 5.41) is 13.5. The van der Waals surface area contributed by atoms with E-state index in [1.165, 1.54) is 0 Å². The Labute approximate surface area is 105 Å². The highest BCUT2D eigenvalue weighted by Gasteiger charge is 2.10. The van der Waals surface area contributed by atoms with Crippen LogP contribution in [0.5, 0.6) is 0 Å². The summed E-state index contributed by atoms with van der Waals surface area (Å²) in [4.78, 5) is 11.7. The molecule has 0 unspecified atom stereocenters. The molecule has 2 rings (SSSR count). The fraction of sp³-hybridized carbons (Fsp3) is 0.250. The first kappa shape index (κ1) is 12.3. The number of nitrogens with zero attached hydrogens (tertiary/aromatic N) is 3. The Morgan fingerprint density at radius 2 is 2.06 bits per heavy atom. The van der Waals surface area contributed by atoms with Crippen LogP contribution >= 0.6 is 0 Å². The molecular weight excluding hydrogens is 230 g/mol. The molecule has 0 radical (unpaired) electrons. The molecule has 0 fully saturated rings. The lowest BCUT2D eigenvalue weighted by Gasteiger charge is -2.01. The molecule has 0 aliphatic heterocycles. The minimum Gasteiger partial charge on any atom is -0.349 e. The van der Waals surface area contributed by atoms with Crippen LogP contribution < -0.4 is 10.6 Å². The number of carbonyl (C=O) groups is 1. The minimum absolute atomic E-state index is 0.215. The smallest absolute Gasteiger partial charge is 0.273 e. The van der Waals surface area contributed by atoms with Crippen LogP contribution in [0.25, 0.3) is 5.69 Å². The van der Waals surface area contributed by atoms with Gasteiger partial charge in [0.1, 0.15) is 0 Å². The fourth-order valence-corrected chi connectivity index (χ4v) is 1.47. The molecule has 1 amide bonds. The Balaban J connectivity index is 2.04. The summed E-state index contributed by atoms with van der Waals surface area (Å²) in [5.74, 6) is -0.215. The standard InChI is InChI=1S/C12H15N5O/c1-13-7-8-14-12(18)11-9-17(16-15-11)10-5-3-2-4-6-10/h2-6,9,13H,7-8H2,1H3,(H,14,18). The number of para-hydroxylation sites is 1. The lowest BCUT2D eigenvalue weighted by molar-refractivity contribution is 0.0949. The molecule has 18 heavy (non-hydrogen) atoms. The lowest BCUT2D eigenvalue weighted by Crippen LogP contribution is -2.30. The zero-order valence-electron chi connectivity index (χ0n) is 10.1. The van der Waals surface area contributed by atoms with Crippen molar-refractivity contribution in [3.05, 3.63) is 42.2 Å². The molecule has 0 atom stereocenters. The van der Waals surface area contributed by atoms with Gasteiger partial charge in [0.15, 0.2) is 5.69 Å². The predicted octanol–water partition coefficient (Wildman–Crippen LogP) is 0.216. The molecule has 94 valence electrons. The predicted molar refractivity (Wildman–Crippen MR) is 67.6 cm³/mol. The summed E-state index contributed by atoms with van der Waals surface area (Å²) in [5.41, 5.74) is 1.19. The zero-order valence-corrected chi connectivity index (χ0v) is 10.1. The number of likely N-dealkylation sites (N-methyl/N-ethyl adjacent to an activating group) is 1. The maximum absolute atomic E-state index is 11.7. The molecule has 1 heterocycles. The maximum Gasteiger partial charge on any atom is 0.273 e. The number of hydrogen-bond donors (Lipinski definition) is 2. The van der Waals surface area contributed by atoms with Crippen LogP contribution in [-0.4, -0.2) is 41.0 Å². The van der Waals surface area contributed by atoms with Crippen molar-refractivity contribution in [2.75, 3.05) is 20.1 Å². The third-order valence-corrected chi connectivity index (χ3v) is 2.41. The molecule has 0 aliphatic carbocycles. The molecule has 2 aromatic rings. The highest BCUT2D eigenvalue weighted by atomic mass is 16.2. The van der Waals surface area contributed by atoms with Gasteiger partial charge in [-0.05, 0) is 19.2 Å². The van der Waals surface area contributed by atoms with E-state index in [0.29, 0.717) is 12.2 Å². The highest BCUT2D eigenvalue weighted by molar-refractivity contribution is 5.91. The summed E-state index contributed by atoms with van der Waals surface area (Å²) < 4.78 is 1.58. The van der Waals surface area contributed by atoms with Crippen molar-refractivity contribution in [3.63, 3.8) is 0 Å². The van der Waals surface area contributed by atoms with Gasteiger partial charge in [-0.15, -0.1) is 5.10 Å². The first-order chi connectivity index (χ1) is 8.81. The van der Waals surface area contributed by atoms with Gasteiger partial charge in [-0.1, -0.05) is 23.4 Å². The largest absolute Gasteiger partial charge is 0.349 e. The average Bonchev–Trinajstić information content (AvgIpc) is 2.89. The molecule has 6 nitrogen and oxygen atoms in total. The number of hydrogen-bond acceptors (Lipinski definition) is 4. The van der Waals surface area contributed by atoms with Crippen LogP contribution in [0.3, 0.4) is 0 Å². The van der Waals surface area contributed by atoms with E-state index >= 15 is 0 Å². The average molecular weight is 245 g/mol. The van der Waals surface area contributed by atoms with Gasteiger partial charge in [0, 0.05) is 13.1 Å². The van der Waals surface area contributed by atoms with Crippen molar-refractivity contribution in [3.8, 4) is 5.69 Å². The molecule has 2 N–H and O–H groups in total. The van der Waals surface area contributed by atoms with E-state index in [2.05, 4.69) is 20.9 Å². The number of rotatable bonds is 5. The normalized spacial score (nSPS) is 10.3. The summed E-state index contributed by atoms with van der Waals surface area (Å²) in [6.07, 6.45) is 1.62. The Bertz CT molecular complexity index is 508. The van der Waals surface area contributed by atoms with Gasteiger partial charge in [-0.3, -0.25) is 4.79 Å². The fourth-order valence-electron chi connectivity index (χ4n) is 1.47. The summed E-state index contributed by atoms with van der Waals surface area (Å²) in [6.45, 7) is 1.28. The zero-order chi connectivity index (χ0) is 12.8. The lowest BCUT2D eigenvalue weighted by atomic mass is 10.3. The number of carbonyl (C=O) groups excluding carboxylic acids is 1. The van der Waals surface area contributed by atoms with E-state index in [1.54, 1.807) is 10.9 Å². The topological polar surface area (TPSA) is 71.8 Å². The Morgan fingerprint density at radius 1 is 1.28 bits per heavy atom. The molecule has 0 spiro atoms. The van der Waals surface area contributed by atoms with E-state index in [0.717, 1.165) is 12.2 Å². The van der Waals surface area contributed by atoms with Gasteiger partial charge in [0.2, 0.25) is 0 Å². The van der Waals surface area contributed by atoms with Crippen LogP contribution in [0, 0.1) is 0 Å². The highest BCUT2D eigenvalue weighted by Crippen LogP contribution is 2.05. The molecule has 1 aromatic carbocycles. The molecule has 0 bridgehead atoms. The van der Waals surface area contributed by atoms with Crippen molar-refractivity contribution in [2.24, 2.45) is 0 Å². The number of aromatic nitrogens is 3. The third kappa shape index (κ3) is 2.92. The molecule has 6 heteroatoms. The van der Waals surface area contributed by atoms with Crippen molar-refractivity contribution in [2.45, 2.75) is 0 Å². The summed E-state index contributed by atoms with van der Waals surface area (Å²) in [6, 6.07) is 9.54.